The highest BCUT2D eigenvalue weighted by atomic mass is 32.2. The summed E-state index contributed by atoms with van der Waals surface area (Å²) < 4.78 is 0. The van der Waals surface area contributed by atoms with E-state index in [1.807, 2.05) is 11.8 Å². The standard InChI is InChI=1S/C8H15NS/c1-5(2)8-9-6(3)7(4)10-8/h5,7-8H,1-4H3/t7-,8+/m1/s1. The summed E-state index contributed by atoms with van der Waals surface area (Å²) in [7, 11) is 0. The van der Waals surface area contributed by atoms with Crippen LogP contribution in [0.25, 0.3) is 0 Å². The number of thioether (sulfide) groups is 1. The molecule has 0 saturated heterocycles. The summed E-state index contributed by atoms with van der Waals surface area (Å²) in [6, 6.07) is 0. The van der Waals surface area contributed by atoms with Crippen molar-refractivity contribution in [2.75, 3.05) is 0 Å². The lowest BCUT2D eigenvalue weighted by atomic mass is 10.2. The summed E-state index contributed by atoms with van der Waals surface area (Å²) in [4.78, 5) is 4.55. The Morgan fingerprint density at radius 1 is 1.50 bits per heavy atom. The van der Waals surface area contributed by atoms with Crippen molar-refractivity contribution < 1.29 is 0 Å². The Morgan fingerprint density at radius 3 is 2.30 bits per heavy atom. The first kappa shape index (κ1) is 8.12. The van der Waals surface area contributed by atoms with Gasteiger partial charge in [-0.2, -0.15) is 0 Å². The molecule has 0 fully saturated rings. The van der Waals surface area contributed by atoms with E-state index < -0.39 is 0 Å². The minimum atomic E-state index is 0.523. The molecule has 58 valence electrons. The van der Waals surface area contributed by atoms with Crippen LogP contribution in [-0.4, -0.2) is 16.3 Å². The van der Waals surface area contributed by atoms with Crippen LogP contribution in [0.1, 0.15) is 27.7 Å². The van der Waals surface area contributed by atoms with Crippen LogP contribution >= 0.6 is 11.8 Å². The predicted molar refractivity (Wildman–Crippen MR) is 48.8 cm³/mol. The molecule has 1 aliphatic heterocycles. The van der Waals surface area contributed by atoms with E-state index in [1.165, 1.54) is 5.71 Å². The molecule has 0 saturated carbocycles. The van der Waals surface area contributed by atoms with Crippen molar-refractivity contribution in [2.24, 2.45) is 10.9 Å². The molecule has 0 spiro atoms. The molecular weight excluding hydrogens is 142 g/mol. The zero-order valence-electron chi connectivity index (χ0n) is 7.09. The smallest absolute Gasteiger partial charge is 0.0980 e. The fraction of sp³-hybridized carbons (Fsp3) is 0.875. The van der Waals surface area contributed by atoms with Gasteiger partial charge >= 0.3 is 0 Å². The Bertz CT molecular complexity index is 151. The third kappa shape index (κ3) is 1.54. The van der Waals surface area contributed by atoms with E-state index in [-0.39, 0.29) is 0 Å². The zero-order valence-corrected chi connectivity index (χ0v) is 7.90. The molecule has 0 bridgehead atoms. The second-order valence-corrected chi connectivity index (χ2v) is 4.65. The SMILES string of the molecule is CC1=N[C@H](C(C)C)S[C@@H]1C. The number of hydrogen-bond acceptors (Lipinski definition) is 2. The van der Waals surface area contributed by atoms with Crippen LogP contribution in [0.15, 0.2) is 4.99 Å². The second kappa shape index (κ2) is 2.95. The predicted octanol–water partition coefficient (Wildman–Crippen LogP) is 2.56. The highest BCUT2D eigenvalue weighted by Crippen LogP contribution is 2.31. The average Bonchev–Trinajstić information content (AvgIpc) is 2.13. The zero-order chi connectivity index (χ0) is 7.72. The first-order chi connectivity index (χ1) is 4.61. The molecule has 0 aromatic carbocycles. The van der Waals surface area contributed by atoms with Crippen LogP contribution < -0.4 is 0 Å². The van der Waals surface area contributed by atoms with Gasteiger partial charge in [0.2, 0.25) is 0 Å². The highest BCUT2D eigenvalue weighted by molar-refractivity contribution is 8.01. The van der Waals surface area contributed by atoms with Gasteiger partial charge in [0.25, 0.3) is 0 Å². The molecule has 0 aromatic heterocycles. The van der Waals surface area contributed by atoms with Crippen molar-refractivity contribution in [1.29, 1.82) is 0 Å². The van der Waals surface area contributed by atoms with Gasteiger partial charge in [-0.25, -0.2) is 0 Å². The summed E-state index contributed by atoms with van der Waals surface area (Å²) in [5, 5.41) is 1.17. The third-order valence-electron chi connectivity index (χ3n) is 1.83. The first-order valence-electron chi connectivity index (χ1n) is 3.81. The Kier molecular flexibility index (Phi) is 2.40. The van der Waals surface area contributed by atoms with Crippen LogP contribution in [0.2, 0.25) is 0 Å². The van der Waals surface area contributed by atoms with E-state index in [2.05, 4.69) is 32.7 Å². The maximum Gasteiger partial charge on any atom is 0.0980 e. The summed E-state index contributed by atoms with van der Waals surface area (Å²) in [5.41, 5.74) is 1.31. The second-order valence-electron chi connectivity index (χ2n) is 3.18. The van der Waals surface area contributed by atoms with E-state index >= 15 is 0 Å². The van der Waals surface area contributed by atoms with Gasteiger partial charge in [-0.05, 0) is 19.8 Å². The summed E-state index contributed by atoms with van der Waals surface area (Å²) in [6.07, 6.45) is 0. The van der Waals surface area contributed by atoms with Gasteiger partial charge in [-0.1, -0.05) is 13.8 Å². The summed E-state index contributed by atoms with van der Waals surface area (Å²) >= 11 is 1.98. The van der Waals surface area contributed by atoms with Crippen LogP contribution in [-0.2, 0) is 0 Å². The quantitative estimate of drug-likeness (QED) is 0.570. The molecule has 0 unspecified atom stereocenters. The molecule has 0 radical (unpaired) electrons. The molecule has 0 aliphatic carbocycles. The molecular formula is C8H15NS. The molecule has 10 heavy (non-hydrogen) atoms. The monoisotopic (exact) mass is 157 g/mol. The van der Waals surface area contributed by atoms with Crippen LogP contribution in [0.3, 0.4) is 0 Å². The fourth-order valence-electron chi connectivity index (χ4n) is 0.950. The molecule has 2 atom stereocenters. The number of aliphatic imine (C=N–C) groups is 1. The number of rotatable bonds is 1. The molecule has 1 rings (SSSR count). The van der Waals surface area contributed by atoms with Gasteiger partial charge in [-0.3, -0.25) is 4.99 Å². The van der Waals surface area contributed by atoms with Gasteiger partial charge in [0.15, 0.2) is 0 Å². The molecule has 1 nitrogen and oxygen atoms in total. The lowest BCUT2D eigenvalue weighted by Gasteiger charge is -2.10. The minimum Gasteiger partial charge on any atom is -0.279 e. The van der Waals surface area contributed by atoms with Crippen molar-refractivity contribution in [1.82, 2.24) is 0 Å². The van der Waals surface area contributed by atoms with Crippen molar-refractivity contribution in [2.45, 2.75) is 38.3 Å². The van der Waals surface area contributed by atoms with Crippen LogP contribution in [0, 0.1) is 5.92 Å². The van der Waals surface area contributed by atoms with Crippen molar-refractivity contribution in [3.63, 3.8) is 0 Å². The Hall–Kier alpha value is 0.0200. The molecule has 0 N–H and O–H groups in total. The molecule has 0 aromatic rings. The van der Waals surface area contributed by atoms with Crippen molar-refractivity contribution in [3.05, 3.63) is 0 Å². The number of nitrogens with zero attached hydrogens (tertiary/aromatic N) is 1. The van der Waals surface area contributed by atoms with E-state index in [4.69, 9.17) is 0 Å². The van der Waals surface area contributed by atoms with E-state index in [0.717, 1.165) is 0 Å². The lowest BCUT2D eigenvalue weighted by molar-refractivity contribution is 0.630. The van der Waals surface area contributed by atoms with Gasteiger partial charge < -0.3 is 0 Å². The van der Waals surface area contributed by atoms with E-state index in [0.29, 0.717) is 16.5 Å². The highest BCUT2D eigenvalue weighted by Gasteiger charge is 2.24. The van der Waals surface area contributed by atoms with Crippen LogP contribution in [0.5, 0.6) is 0 Å². The summed E-state index contributed by atoms with van der Waals surface area (Å²) in [5.74, 6) is 0.685. The largest absolute Gasteiger partial charge is 0.279 e. The average molecular weight is 157 g/mol. The van der Waals surface area contributed by atoms with Crippen molar-refractivity contribution in [3.8, 4) is 0 Å². The van der Waals surface area contributed by atoms with Crippen molar-refractivity contribution >= 4 is 17.5 Å². The van der Waals surface area contributed by atoms with Gasteiger partial charge in [0, 0.05) is 11.0 Å². The molecule has 1 heterocycles. The van der Waals surface area contributed by atoms with E-state index in [9.17, 15) is 0 Å². The van der Waals surface area contributed by atoms with E-state index in [1.54, 1.807) is 0 Å². The van der Waals surface area contributed by atoms with Crippen LogP contribution in [0.4, 0.5) is 0 Å². The Labute approximate surface area is 67.3 Å². The van der Waals surface area contributed by atoms with Gasteiger partial charge in [0.05, 0.1) is 5.37 Å². The topological polar surface area (TPSA) is 12.4 Å². The Balaban J connectivity index is 2.56. The van der Waals surface area contributed by atoms with Gasteiger partial charge in [0.1, 0.15) is 0 Å². The van der Waals surface area contributed by atoms with Gasteiger partial charge in [-0.15, -0.1) is 11.8 Å². The normalized spacial score (nSPS) is 33.1. The minimum absolute atomic E-state index is 0.523. The Morgan fingerprint density at radius 2 is 2.10 bits per heavy atom. The number of hydrogen-bond donors (Lipinski definition) is 0. The summed E-state index contributed by atoms with van der Waals surface area (Å²) in [6.45, 7) is 8.81. The lowest BCUT2D eigenvalue weighted by Crippen LogP contribution is -2.05. The molecule has 0 amide bonds. The first-order valence-corrected chi connectivity index (χ1v) is 4.75. The maximum absolute atomic E-state index is 4.55. The molecule has 1 aliphatic rings. The maximum atomic E-state index is 4.55. The fourth-order valence-corrected chi connectivity index (χ4v) is 2.17. The molecule has 2 heteroatoms. The third-order valence-corrected chi connectivity index (χ3v) is 3.51.